The lowest BCUT2D eigenvalue weighted by Gasteiger charge is -1.89. The molecular weight excluding hydrogens is 201 g/mol. The van der Waals surface area contributed by atoms with Crippen molar-refractivity contribution < 1.29 is 10.3 Å². The number of carbonyl (C=O) groups excluding carboxylic acids is 1. The summed E-state index contributed by atoms with van der Waals surface area (Å²) in [6.45, 7) is 0. The SMILES string of the molecule is Cl.Cl.NC(=O)c1ccccc1.O. The molecular formula is C7H11Cl2NO2. The van der Waals surface area contributed by atoms with E-state index in [1.54, 1.807) is 24.3 Å². The van der Waals surface area contributed by atoms with Gasteiger partial charge >= 0.3 is 0 Å². The van der Waals surface area contributed by atoms with Gasteiger partial charge in [-0.05, 0) is 12.1 Å². The van der Waals surface area contributed by atoms with Crippen LogP contribution in [-0.2, 0) is 0 Å². The van der Waals surface area contributed by atoms with Crippen molar-refractivity contribution in [2.24, 2.45) is 5.73 Å². The molecule has 1 amide bonds. The molecule has 0 radical (unpaired) electrons. The Labute approximate surface area is 83.1 Å². The third-order valence-electron chi connectivity index (χ3n) is 1.06. The van der Waals surface area contributed by atoms with Crippen LogP contribution in [0.3, 0.4) is 0 Å². The van der Waals surface area contributed by atoms with Crippen molar-refractivity contribution in [2.75, 3.05) is 0 Å². The first-order valence-electron chi connectivity index (χ1n) is 2.65. The number of halogens is 2. The summed E-state index contributed by atoms with van der Waals surface area (Å²) in [5.74, 6) is -0.379. The van der Waals surface area contributed by atoms with Gasteiger partial charge in [-0.25, -0.2) is 0 Å². The van der Waals surface area contributed by atoms with Gasteiger partial charge in [-0.3, -0.25) is 4.79 Å². The number of amides is 1. The number of primary amides is 1. The third kappa shape index (κ3) is 4.96. The van der Waals surface area contributed by atoms with Crippen LogP contribution < -0.4 is 5.73 Å². The number of hydrogen-bond donors (Lipinski definition) is 1. The number of benzene rings is 1. The minimum Gasteiger partial charge on any atom is -0.412 e. The molecule has 0 saturated heterocycles. The number of nitrogens with two attached hydrogens (primary N) is 1. The molecule has 0 aliphatic rings. The molecule has 0 fully saturated rings. The highest BCUT2D eigenvalue weighted by Crippen LogP contribution is 1.94. The van der Waals surface area contributed by atoms with Gasteiger partial charge in [0.1, 0.15) is 0 Å². The summed E-state index contributed by atoms with van der Waals surface area (Å²) in [6, 6.07) is 8.76. The minimum atomic E-state index is -0.379. The highest BCUT2D eigenvalue weighted by atomic mass is 35.5. The maximum Gasteiger partial charge on any atom is 0.248 e. The van der Waals surface area contributed by atoms with Gasteiger partial charge in [0.25, 0.3) is 0 Å². The van der Waals surface area contributed by atoms with E-state index < -0.39 is 0 Å². The van der Waals surface area contributed by atoms with Gasteiger partial charge in [0.2, 0.25) is 5.91 Å². The van der Waals surface area contributed by atoms with E-state index >= 15 is 0 Å². The molecule has 0 aliphatic heterocycles. The molecule has 0 bridgehead atoms. The number of carbonyl (C=O) groups is 1. The Bertz CT molecular complexity index is 216. The van der Waals surface area contributed by atoms with Crippen molar-refractivity contribution in [3.05, 3.63) is 35.9 Å². The van der Waals surface area contributed by atoms with E-state index in [0.29, 0.717) is 5.56 Å². The van der Waals surface area contributed by atoms with Gasteiger partial charge in [-0.2, -0.15) is 0 Å². The number of hydrogen-bond acceptors (Lipinski definition) is 1. The van der Waals surface area contributed by atoms with Crippen molar-refractivity contribution in [3.63, 3.8) is 0 Å². The Morgan fingerprint density at radius 2 is 1.50 bits per heavy atom. The van der Waals surface area contributed by atoms with E-state index in [1.807, 2.05) is 6.07 Å². The van der Waals surface area contributed by atoms with Crippen molar-refractivity contribution in [1.29, 1.82) is 0 Å². The topological polar surface area (TPSA) is 74.6 Å². The largest absolute Gasteiger partial charge is 0.412 e. The summed E-state index contributed by atoms with van der Waals surface area (Å²) < 4.78 is 0. The van der Waals surface area contributed by atoms with E-state index in [0.717, 1.165) is 0 Å². The molecule has 3 nitrogen and oxygen atoms in total. The average Bonchev–Trinajstić information content (AvgIpc) is 1.90. The molecule has 0 aliphatic carbocycles. The summed E-state index contributed by atoms with van der Waals surface area (Å²) >= 11 is 0. The van der Waals surface area contributed by atoms with Crippen molar-refractivity contribution in [2.45, 2.75) is 0 Å². The molecule has 5 heteroatoms. The Morgan fingerprint density at radius 3 is 1.75 bits per heavy atom. The average molecular weight is 212 g/mol. The molecule has 0 heterocycles. The predicted molar refractivity (Wildman–Crippen MR) is 53.1 cm³/mol. The standard InChI is InChI=1S/C7H7NO.2ClH.H2O/c8-7(9)6-4-2-1-3-5-6;;;/h1-5H,(H2,8,9);2*1H;1H2. The zero-order chi connectivity index (χ0) is 6.69. The van der Waals surface area contributed by atoms with E-state index in [1.165, 1.54) is 0 Å². The fraction of sp³-hybridized carbons (Fsp3) is 0. The van der Waals surface area contributed by atoms with Crippen LogP contribution in [-0.4, -0.2) is 11.4 Å². The molecule has 0 unspecified atom stereocenters. The molecule has 1 aromatic carbocycles. The second-order valence-corrected chi connectivity index (χ2v) is 1.73. The van der Waals surface area contributed by atoms with Crippen LogP contribution in [0.15, 0.2) is 30.3 Å². The summed E-state index contributed by atoms with van der Waals surface area (Å²) in [5, 5.41) is 0. The molecule has 70 valence electrons. The summed E-state index contributed by atoms with van der Waals surface area (Å²) in [5.41, 5.74) is 5.53. The molecule has 0 spiro atoms. The van der Waals surface area contributed by atoms with Crippen LogP contribution in [0.5, 0.6) is 0 Å². The van der Waals surface area contributed by atoms with Crippen molar-refractivity contribution >= 4 is 30.7 Å². The van der Waals surface area contributed by atoms with Crippen LogP contribution in [0.4, 0.5) is 0 Å². The third-order valence-corrected chi connectivity index (χ3v) is 1.06. The van der Waals surface area contributed by atoms with Gasteiger partial charge in [0, 0.05) is 5.56 Å². The molecule has 0 atom stereocenters. The van der Waals surface area contributed by atoms with Gasteiger partial charge < -0.3 is 11.2 Å². The number of rotatable bonds is 1. The lowest BCUT2D eigenvalue weighted by Crippen LogP contribution is -2.09. The Hall–Kier alpha value is -0.770. The lowest BCUT2D eigenvalue weighted by molar-refractivity contribution is 0.100. The van der Waals surface area contributed by atoms with Crippen LogP contribution in [0.2, 0.25) is 0 Å². The monoisotopic (exact) mass is 211 g/mol. The van der Waals surface area contributed by atoms with E-state index in [-0.39, 0.29) is 36.2 Å². The molecule has 1 rings (SSSR count). The highest BCUT2D eigenvalue weighted by Gasteiger charge is 1.93. The van der Waals surface area contributed by atoms with Crippen LogP contribution in [0.1, 0.15) is 10.4 Å². The first-order valence-corrected chi connectivity index (χ1v) is 2.65. The van der Waals surface area contributed by atoms with E-state index in [4.69, 9.17) is 5.73 Å². The summed E-state index contributed by atoms with van der Waals surface area (Å²) in [6.07, 6.45) is 0. The predicted octanol–water partition coefficient (Wildman–Crippen LogP) is 0.804. The zero-order valence-electron chi connectivity index (χ0n) is 6.19. The van der Waals surface area contributed by atoms with Crippen molar-refractivity contribution in [3.8, 4) is 0 Å². The Kier molecular flexibility index (Phi) is 12.0. The Morgan fingerprint density at radius 1 is 1.08 bits per heavy atom. The smallest absolute Gasteiger partial charge is 0.248 e. The zero-order valence-corrected chi connectivity index (χ0v) is 7.82. The van der Waals surface area contributed by atoms with Crippen molar-refractivity contribution in [1.82, 2.24) is 0 Å². The van der Waals surface area contributed by atoms with Gasteiger partial charge in [-0.1, -0.05) is 18.2 Å². The molecule has 0 aromatic heterocycles. The van der Waals surface area contributed by atoms with Crippen LogP contribution >= 0.6 is 24.8 Å². The fourth-order valence-electron chi connectivity index (χ4n) is 0.602. The van der Waals surface area contributed by atoms with Gasteiger partial charge in [0.15, 0.2) is 0 Å². The summed E-state index contributed by atoms with van der Waals surface area (Å²) in [7, 11) is 0. The maximum absolute atomic E-state index is 10.4. The summed E-state index contributed by atoms with van der Waals surface area (Å²) in [4.78, 5) is 10.4. The highest BCUT2D eigenvalue weighted by molar-refractivity contribution is 5.92. The second-order valence-electron chi connectivity index (χ2n) is 1.73. The normalized spacial score (nSPS) is 6.67. The fourth-order valence-corrected chi connectivity index (χ4v) is 0.602. The molecule has 4 N–H and O–H groups in total. The minimum absolute atomic E-state index is 0. The van der Waals surface area contributed by atoms with Crippen LogP contribution in [0, 0.1) is 0 Å². The van der Waals surface area contributed by atoms with Gasteiger partial charge in [-0.15, -0.1) is 24.8 Å². The molecule has 0 saturated carbocycles. The first kappa shape index (κ1) is 17.4. The lowest BCUT2D eigenvalue weighted by atomic mass is 10.2. The van der Waals surface area contributed by atoms with E-state index in [2.05, 4.69) is 0 Å². The molecule has 12 heavy (non-hydrogen) atoms. The van der Waals surface area contributed by atoms with Gasteiger partial charge in [0.05, 0.1) is 0 Å². The van der Waals surface area contributed by atoms with Crippen LogP contribution in [0.25, 0.3) is 0 Å². The maximum atomic E-state index is 10.4. The Balaban J connectivity index is -0.000000270. The molecule has 1 aromatic rings. The van der Waals surface area contributed by atoms with E-state index in [9.17, 15) is 4.79 Å². The first-order chi connectivity index (χ1) is 4.30. The quantitative estimate of drug-likeness (QED) is 0.734. The second kappa shape index (κ2) is 8.33.